The van der Waals surface area contributed by atoms with Crippen LogP contribution in [0.15, 0.2) is 41.8 Å². The van der Waals surface area contributed by atoms with Crippen LogP contribution in [0.3, 0.4) is 0 Å². The van der Waals surface area contributed by atoms with Crippen molar-refractivity contribution in [1.29, 1.82) is 0 Å². The van der Waals surface area contributed by atoms with Gasteiger partial charge in [0, 0.05) is 29.1 Å². The Morgan fingerprint density at radius 2 is 2.04 bits per heavy atom. The number of methoxy groups -OCH3 is 1. The lowest BCUT2D eigenvalue weighted by Crippen LogP contribution is -2.50. The summed E-state index contributed by atoms with van der Waals surface area (Å²) in [4.78, 5) is 28.6. The highest BCUT2D eigenvalue weighted by Crippen LogP contribution is 2.54. The molecule has 1 saturated heterocycles. The van der Waals surface area contributed by atoms with Crippen LogP contribution in [-0.4, -0.2) is 26.0 Å². The van der Waals surface area contributed by atoms with Crippen molar-refractivity contribution in [2.75, 3.05) is 19.1 Å². The number of carbonyl (C=O) groups is 2. The number of esters is 1. The molecule has 3 heterocycles. The topological polar surface area (TPSA) is 58.6 Å². The highest BCUT2D eigenvalue weighted by molar-refractivity contribution is 7.10. The average Bonchev–Trinajstić information content (AvgIpc) is 3.31. The van der Waals surface area contributed by atoms with Crippen LogP contribution in [0.5, 0.6) is 0 Å². The van der Waals surface area contributed by atoms with Gasteiger partial charge in [-0.05, 0) is 17.5 Å². The number of ether oxygens (including phenoxy) is 1. The molecule has 0 unspecified atom stereocenters. The molecule has 25 heavy (non-hydrogen) atoms. The molecule has 4 rings (SSSR count). The monoisotopic (exact) mass is 356 g/mol. The fourth-order valence-electron chi connectivity index (χ4n) is 4.39. The third kappa shape index (κ3) is 2.04. The van der Waals surface area contributed by atoms with Gasteiger partial charge in [0.2, 0.25) is 0 Å². The van der Waals surface area contributed by atoms with Crippen molar-refractivity contribution in [3.8, 4) is 0 Å². The van der Waals surface area contributed by atoms with Crippen molar-refractivity contribution < 1.29 is 14.3 Å². The van der Waals surface area contributed by atoms with Gasteiger partial charge in [-0.3, -0.25) is 14.9 Å². The van der Waals surface area contributed by atoms with E-state index in [0.717, 1.165) is 16.1 Å². The van der Waals surface area contributed by atoms with E-state index in [9.17, 15) is 9.59 Å². The first-order valence-electron chi connectivity index (χ1n) is 8.29. The molecule has 0 aliphatic carbocycles. The normalized spacial score (nSPS) is 30.8. The minimum absolute atomic E-state index is 0.0193. The number of nitrogens with zero attached hydrogens (tertiary/aromatic N) is 1. The summed E-state index contributed by atoms with van der Waals surface area (Å²) < 4.78 is 5.09. The molecule has 1 fully saturated rings. The molecule has 0 bridgehead atoms. The van der Waals surface area contributed by atoms with Gasteiger partial charge >= 0.3 is 5.97 Å². The summed E-state index contributed by atoms with van der Waals surface area (Å²) >= 11 is 1.58. The van der Waals surface area contributed by atoms with Crippen LogP contribution < -0.4 is 10.2 Å². The van der Waals surface area contributed by atoms with Crippen molar-refractivity contribution in [1.82, 2.24) is 5.32 Å². The molecule has 2 aromatic rings. The third-order valence-electron chi connectivity index (χ3n) is 5.62. The zero-order chi connectivity index (χ0) is 17.8. The number of nitrogens with one attached hydrogen (secondary N) is 1. The Hall–Kier alpha value is -2.18. The lowest BCUT2D eigenvalue weighted by atomic mass is 9.76. The summed E-state index contributed by atoms with van der Waals surface area (Å²) in [5.74, 6) is -0.956. The number of carbonyl (C=O) groups excluding carboxylic acids is 2. The number of anilines is 1. The van der Waals surface area contributed by atoms with Gasteiger partial charge in [-0.25, -0.2) is 0 Å². The lowest BCUT2D eigenvalue weighted by Gasteiger charge is -2.29. The number of para-hydroxylation sites is 1. The summed E-state index contributed by atoms with van der Waals surface area (Å²) in [6, 6.07) is 11.5. The van der Waals surface area contributed by atoms with Gasteiger partial charge in [0.05, 0.1) is 19.1 Å². The second-order valence-electron chi connectivity index (χ2n) is 6.66. The first-order chi connectivity index (χ1) is 12.0. The number of rotatable bonds is 2. The van der Waals surface area contributed by atoms with E-state index >= 15 is 0 Å². The molecule has 0 radical (unpaired) electrons. The van der Waals surface area contributed by atoms with Crippen LogP contribution in [0, 0.1) is 11.8 Å². The molecule has 4 atom stereocenters. The molecule has 2 aliphatic rings. The van der Waals surface area contributed by atoms with Crippen molar-refractivity contribution >= 4 is 28.9 Å². The molecule has 1 spiro atoms. The average molecular weight is 356 g/mol. The van der Waals surface area contributed by atoms with Gasteiger partial charge in [-0.2, -0.15) is 0 Å². The maximum absolute atomic E-state index is 13.3. The molecule has 5 nitrogen and oxygen atoms in total. The van der Waals surface area contributed by atoms with Crippen molar-refractivity contribution in [2.24, 2.45) is 11.8 Å². The number of benzene rings is 1. The van der Waals surface area contributed by atoms with E-state index in [-0.39, 0.29) is 23.8 Å². The Bertz CT molecular complexity index is 835. The molecule has 1 N–H and O–H groups in total. The smallest absolute Gasteiger partial charge is 0.311 e. The molecule has 1 amide bonds. The number of hydrogen-bond donors (Lipinski definition) is 1. The van der Waals surface area contributed by atoms with Crippen LogP contribution in [0.2, 0.25) is 0 Å². The van der Waals surface area contributed by atoms with E-state index in [0.29, 0.717) is 0 Å². The first-order valence-corrected chi connectivity index (χ1v) is 9.17. The van der Waals surface area contributed by atoms with Gasteiger partial charge in [0.1, 0.15) is 5.54 Å². The Morgan fingerprint density at radius 1 is 1.28 bits per heavy atom. The van der Waals surface area contributed by atoms with E-state index in [1.54, 1.807) is 23.3 Å². The van der Waals surface area contributed by atoms with Crippen LogP contribution in [0.4, 0.5) is 5.69 Å². The predicted octanol–water partition coefficient (Wildman–Crippen LogP) is 2.69. The standard InChI is InChI=1S/C19H20N2O3S/c1-11-15(17(22)24-3)16(14-9-6-10-25-14)20-19(11)12-7-4-5-8-13(12)21(2)18(19)23/h4-11,15-16,20H,1-3H3/t11-,15-,16-,19-/m0/s1. The van der Waals surface area contributed by atoms with E-state index in [4.69, 9.17) is 4.74 Å². The van der Waals surface area contributed by atoms with E-state index < -0.39 is 11.5 Å². The van der Waals surface area contributed by atoms with Crippen LogP contribution in [0.1, 0.15) is 23.4 Å². The maximum Gasteiger partial charge on any atom is 0.311 e. The second-order valence-corrected chi connectivity index (χ2v) is 7.64. The highest BCUT2D eigenvalue weighted by atomic mass is 32.1. The molecule has 1 aromatic carbocycles. The van der Waals surface area contributed by atoms with Crippen LogP contribution in [0.25, 0.3) is 0 Å². The first kappa shape index (κ1) is 16.3. The van der Waals surface area contributed by atoms with Crippen molar-refractivity contribution in [3.63, 3.8) is 0 Å². The molecule has 0 saturated carbocycles. The Balaban J connectivity index is 1.89. The van der Waals surface area contributed by atoms with Crippen LogP contribution in [-0.2, 0) is 19.9 Å². The number of likely N-dealkylation sites (N-methyl/N-ethyl adjacent to an activating group) is 1. The molecule has 6 heteroatoms. The van der Waals surface area contributed by atoms with Gasteiger partial charge in [0.25, 0.3) is 5.91 Å². The molecule has 1 aromatic heterocycles. The maximum atomic E-state index is 13.3. The van der Waals surface area contributed by atoms with Crippen molar-refractivity contribution in [2.45, 2.75) is 18.5 Å². The Labute approximate surface area is 150 Å². The summed E-state index contributed by atoms with van der Waals surface area (Å²) in [6.07, 6.45) is 0. The van der Waals surface area contributed by atoms with Gasteiger partial charge in [-0.15, -0.1) is 11.3 Å². The minimum Gasteiger partial charge on any atom is -0.469 e. The summed E-state index contributed by atoms with van der Waals surface area (Å²) in [6.45, 7) is 1.97. The fraction of sp³-hybridized carbons (Fsp3) is 0.368. The molecular formula is C19H20N2O3S. The second kappa shape index (κ2) is 5.68. The largest absolute Gasteiger partial charge is 0.469 e. The lowest BCUT2D eigenvalue weighted by molar-refractivity contribution is -0.147. The molecular weight excluding hydrogens is 336 g/mol. The number of fused-ring (bicyclic) bond motifs is 2. The SMILES string of the molecule is COC(=O)[C@@H]1[C@H](c2cccs2)N[C@@]2(C(=O)N(C)c3ccccc32)[C@H]1C. The summed E-state index contributed by atoms with van der Waals surface area (Å²) in [5, 5.41) is 5.52. The minimum atomic E-state index is -0.904. The molecule has 130 valence electrons. The van der Waals surface area contributed by atoms with Gasteiger partial charge in [-0.1, -0.05) is 31.2 Å². The van der Waals surface area contributed by atoms with Gasteiger partial charge in [0.15, 0.2) is 0 Å². The zero-order valence-corrected chi connectivity index (χ0v) is 15.2. The highest BCUT2D eigenvalue weighted by Gasteiger charge is 2.63. The summed E-state index contributed by atoms with van der Waals surface area (Å²) in [5.41, 5.74) is 0.920. The van der Waals surface area contributed by atoms with E-state index in [2.05, 4.69) is 5.32 Å². The summed E-state index contributed by atoms with van der Waals surface area (Å²) in [7, 11) is 3.19. The fourth-order valence-corrected chi connectivity index (χ4v) is 5.21. The predicted molar refractivity (Wildman–Crippen MR) is 96.4 cm³/mol. The molecule has 2 aliphatic heterocycles. The quantitative estimate of drug-likeness (QED) is 0.841. The third-order valence-corrected chi connectivity index (χ3v) is 6.57. The Morgan fingerprint density at radius 3 is 2.72 bits per heavy atom. The van der Waals surface area contributed by atoms with Gasteiger partial charge < -0.3 is 9.64 Å². The Kier molecular flexibility index (Phi) is 3.70. The van der Waals surface area contributed by atoms with Crippen molar-refractivity contribution in [3.05, 3.63) is 52.2 Å². The zero-order valence-electron chi connectivity index (χ0n) is 14.4. The number of hydrogen-bond acceptors (Lipinski definition) is 5. The number of thiophene rings is 1. The number of amides is 1. The van der Waals surface area contributed by atoms with E-state index in [1.165, 1.54) is 7.11 Å². The van der Waals surface area contributed by atoms with E-state index in [1.807, 2.05) is 48.7 Å². The van der Waals surface area contributed by atoms with Crippen LogP contribution >= 0.6 is 11.3 Å².